The maximum Gasteiger partial charge on any atom is 0.253 e. The number of fused-ring (bicyclic) bond motifs is 1. The highest BCUT2D eigenvalue weighted by atomic mass is 16.3. The van der Waals surface area contributed by atoms with E-state index in [0.29, 0.717) is 38.2 Å². The topological polar surface area (TPSA) is 60.9 Å². The molecule has 1 N–H and O–H groups in total. The molecular formula is C23H26N2O3. The molecule has 5 nitrogen and oxygen atoms in total. The Balaban J connectivity index is 1.45. The van der Waals surface area contributed by atoms with Gasteiger partial charge in [0.15, 0.2) is 0 Å². The Bertz CT molecular complexity index is 882. The van der Waals surface area contributed by atoms with Crippen molar-refractivity contribution in [3.8, 4) is 0 Å². The molecule has 0 unspecified atom stereocenters. The van der Waals surface area contributed by atoms with Crippen LogP contribution in [-0.4, -0.2) is 59.5 Å². The molecule has 4 rings (SSSR count). The predicted molar refractivity (Wildman–Crippen MR) is 107 cm³/mol. The molecule has 0 bridgehead atoms. The fraction of sp³-hybridized carbons (Fsp3) is 0.391. The molecule has 2 aromatic carbocycles. The molecule has 0 aliphatic carbocycles. The third kappa shape index (κ3) is 3.31. The van der Waals surface area contributed by atoms with Crippen LogP contribution in [0, 0.1) is 18.3 Å². The van der Waals surface area contributed by atoms with Gasteiger partial charge in [-0.3, -0.25) is 9.59 Å². The molecule has 2 aliphatic rings. The molecule has 2 saturated heterocycles. The van der Waals surface area contributed by atoms with E-state index in [-0.39, 0.29) is 24.3 Å². The Morgan fingerprint density at radius 2 is 1.64 bits per heavy atom. The van der Waals surface area contributed by atoms with Gasteiger partial charge < -0.3 is 14.9 Å². The maximum absolute atomic E-state index is 12.9. The number of carbonyl (C=O) groups excluding carboxylic acids is 2. The summed E-state index contributed by atoms with van der Waals surface area (Å²) in [5.74, 6) is 0.212. The summed E-state index contributed by atoms with van der Waals surface area (Å²) in [6, 6.07) is 17.2. The van der Waals surface area contributed by atoms with Crippen molar-refractivity contribution in [2.24, 2.45) is 11.3 Å². The fourth-order valence-electron chi connectivity index (χ4n) is 4.59. The van der Waals surface area contributed by atoms with E-state index in [9.17, 15) is 14.7 Å². The van der Waals surface area contributed by atoms with E-state index in [2.05, 4.69) is 0 Å². The van der Waals surface area contributed by atoms with Crippen molar-refractivity contribution < 1.29 is 14.7 Å². The number of hydrogen-bond donors (Lipinski definition) is 1. The minimum atomic E-state index is -0.411. The average Bonchev–Trinajstić information content (AvgIpc) is 3.25. The van der Waals surface area contributed by atoms with Crippen LogP contribution < -0.4 is 0 Å². The van der Waals surface area contributed by atoms with Gasteiger partial charge in [-0.15, -0.1) is 0 Å². The minimum absolute atomic E-state index is 0.000567. The summed E-state index contributed by atoms with van der Waals surface area (Å²) in [7, 11) is 0. The molecule has 5 heteroatoms. The number of carbonyl (C=O) groups is 2. The first-order valence-electron chi connectivity index (χ1n) is 9.80. The van der Waals surface area contributed by atoms with Crippen molar-refractivity contribution in [3.05, 3.63) is 71.3 Å². The Morgan fingerprint density at radius 3 is 2.32 bits per heavy atom. The lowest BCUT2D eigenvalue weighted by Crippen LogP contribution is -2.40. The SMILES string of the molecule is Cc1ccccc1CC(=O)N1C[C@H]2CN(C(=O)c3ccccc3)C[C@@]2(CO)C1. The normalized spacial score (nSPS) is 23.7. The van der Waals surface area contributed by atoms with Crippen molar-refractivity contribution in [2.45, 2.75) is 13.3 Å². The zero-order valence-electron chi connectivity index (χ0n) is 16.2. The van der Waals surface area contributed by atoms with Crippen molar-refractivity contribution in [1.29, 1.82) is 0 Å². The molecule has 0 aromatic heterocycles. The van der Waals surface area contributed by atoms with Crippen molar-refractivity contribution in [3.63, 3.8) is 0 Å². The first-order chi connectivity index (χ1) is 13.5. The van der Waals surface area contributed by atoms with Crippen LogP contribution >= 0.6 is 0 Å². The largest absolute Gasteiger partial charge is 0.396 e. The number of benzene rings is 2. The number of hydrogen-bond acceptors (Lipinski definition) is 3. The zero-order valence-corrected chi connectivity index (χ0v) is 16.2. The van der Waals surface area contributed by atoms with Crippen molar-refractivity contribution >= 4 is 11.8 Å². The highest BCUT2D eigenvalue weighted by Gasteiger charge is 2.54. The lowest BCUT2D eigenvalue weighted by Gasteiger charge is -2.27. The van der Waals surface area contributed by atoms with Crippen molar-refractivity contribution in [1.82, 2.24) is 9.80 Å². The van der Waals surface area contributed by atoms with Crippen molar-refractivity contribution in [2.75, 3.05) is 32.8 Å². The highest BCUT2D eigenvalue weighted by molar-refractivity contribution is 5.94. The molecule has 146 valence electrons. The van der Waals surface area contributed by atoms with E-state index < -0.39 is 5.41 Å². The summed E-state index contributed by atoms with van der Waals surface area (Å²) in [6.45, 7) is 4.20. The van der Waals surface area contributed by atoms with Gasteiger partial charge >= 0.3 is 0 Å². The Morgan fingerprint density at radius 1 is 1.00 bits per heavy atom. The van der Waals surface area contributed by atoms with Gasteiger partial charge in [-0.05, 0) is 30.2 Å². The molecule has 2 heterocycles. The molecule has 0 spiro atoms. The number of amides is 2. The molecule has 2 atom stereocenters. The van der Waals surface area contributed by atoms with Gasteiger partial charge in [0.25, 0.3) is 5.91 Å². The van der Waals surface area contributed by atoms with Crippen LogP contribution in [0.3, 0.4) is 0 Å². The lowest BCUT2D eigenvalue weighted by molar-refractivity contribution is -0.130. The zero-order chi connectivity index (χ0) is 19.7. The van der Waals surface area contributed by atoms with E-state index in [1.165, 1.54) is 0 Å². The van der Waals surface area contributed by atoms with Gasteiger partial charge in [0.1, 0.15) is 0 Å². The number of likely N-dealkylation sites (tertiary alicyclic amines) is 2. The molecule has 2 amide bonds. The number of nitrogens with zero attached hydrogens (tertiary/aromatic N) is 2. The standard InChI is InChI=1S/C23H26N2O3/c1-17-7-5-6-10-19(17)11-21(27)24-12-20-13-25(15-23(20,14-24)16-26)22(28)18-8-3-2-4-9-18/h2-10,20,26H,11-16H2,1H3/t20-,23+/m0/s1. The average molecular weight is 378 g/mol. The van der Waals surface area contributed by atoms with E-state index in [1.807, 2.05) is 71.3 Å². The van der Waals surface area contributed by atoms with E-state index in [1.54, 1.807) is 0 Å². The van der Waals surface area contributed by atoms with Crippen LogP contribution in [0.2, 0.25) is 0 Å². The molecule has 0 radical (unpaired) electrons. The molecule has 2 aromatic rings. The van der Waals surface area contributed by atoms with Gasteiger partial charge in [0, 0.05) is 43.1 Å². The number of aliphatic hydroxyl groups is 1. The summed E-state index contributed by atoms with van der Waals surface area (Å²) in [6.07, 6.45) is 0.383. The minimum Gasteiger partial charge on any atom is -0.396 e. The molecular weight excluding hydrogens is 352 g/mol. The second-order valence-corrected chi connectivity index (χ2v) is 8.15. The predicted octanol–water partition coefficient (Wildman–Crippen LogP) is 2.13. The van der Waals surface area contributed by atoms with Gasteiger partial charge in [0.05, 0.1) is 13.0 Å². The lowest BCUT2D eigenvalue weighted by atomic mass is 9.82. The van der Waals surface area contributed by atoms with Crippen LogP contribution in [0.5, 0.6) is 0 Å². The first kappa shape index (κ1) is 18.7. The summed E-state index contributed by atoms with van der Waals surface area (Å²) < 4.78 is 0. The number of aliphatic hydroxyl groups excluding tert-OH is 1. The van der Waals surface area contributed by atoms with Gasteiger partial charge in [-0.25, -0.2) is 0 Å². The molecule has 2 aliphatic heterocycles. The van der Waals surface area contributed by atoms with E-state index in [0.717, 1.165) is 11.1 Å². The van der Waals surface area contributed by atoms with Crippen LogP contribution in [-0.2, 0) is 11.2 Å². The summed E-state index contributed by atoms with van der Waals surface area (Å²) in [4.78, 5) is 29.4. The highest BCUT2D eigenvalue weighted by Crippen LogP contribution is 2.42. The quantitative estimate of drug-likeness (QED) is 0.887. The molecule has 2 fully saturated rings. The van der Waals surface area contributed by atoms with Crippen LogP contribution in [0.25, 0.3) is 0 Å². The molecule has 28 heavy (non-hydrogen) atoms. The summed E-state index contributed by atoms with van der Waals surface area (Å²) in [5, 5.41) is 10.2. The monoisotopic (exact) mass is 378 g/mol. The third-order valence-electron chi connectivity index (χ3n) is 6.34. The van der Waals surface area contributed by atoms with Gasteiger partial charge in [0.2, 0.25) is 5.91 Å². The summed E-state index contributed by atoms with van der Waals surface area (Å²) >= 11 is 0. The second-order valence-electron chi connectivity index (χ2n) is 8.15. The Hall–Kier alpha value is -2.66. The Kier molecular flexibility index (Phi) is 4.94. The fourth-order valence-corrected chi connectivity index (χ4v) is 4.59. The second kappa shape index (κ2) is 7.40. The third-order valence-corrected chi connectivity index (χ3v) is 6.34. The van der Waals surface area contributed by atoms with Crippen LogP contribution in [0.4, 0.5) is 0 Å². The van der Waals surface area contributed by atoms with Gasteiger partial charge in [-0.2, -0.15) is 0 Å². The Labute approximate surface area is 165 Å². The summed E-state index contributed by atoms with van der Waals surface area (Å²) in [5.41, 5.74) is 2.42. The maximum atomic E-state index is 12.9. The smallest absolute Gasteiger partial charge is 0.253 e. The van der Waals surface area contributed by atoms with Crippen LogP contribution in [0.1, 0.15) is 21.5 Å². The van der Waals surface area contributed by atoms with E-state index >= 15 is 0 Å². The van der Waals surface area contributed by atoms with Gasteiger partial charge in [-0.1, -0.05) is 42.5 Å². The van der Waals surface area contributed by atoms with Crippen LogP contribution in [0.15, 0.2) is 54.6 Å². The van der Waals surface area contributed by atoms with E-state index in [4.69, 9.17) is 0 Å². The molecule has 0 saturated carbocycles. The number of aryl methyl sites for hydroxylation is 1. The number of rotatable bonds is 4. The first-order valence-corrected chi connectivity index (χ1v) is 9.80.